The second kappa shape index (κ2) is 6.52. The SMILES string of the molecule is CC1=CCC[C@@H]2[C@@](C)(CC/C(C)=C/C=O)[C@H](C=O)CC[C@@]12C. The van der Waals surface area contributed by atoms with Crippen LogP contribution < -0.4 is 0 Å². The highest BCUT2D eigenvalue weighted by Gasteiger charge is 2.54. The van der Waals surface area contributed by atoms with Gasteiger partial charge in [-0.1, -0.05) is 31.1 Å². The average Bonchev–Trinajstić information content (AvgIpc) is 2.48. The average molecular weight is 302 g/mol. The summed E-state index contributed by atoms with van der Waals surface area (Å²) in [7, 11) is 0. The van der Waals surface area contributed by atoms with Crippen molar-refractivity contribution < 1.29 is 9.59 Å². The fourth-order valence-electron chi connectivity index (χ4n) is 5.01. The molecule has 0 aliphatic heterocycles. The Balaban J connectivity index is 2.30. The van der Waals surface area contributed by atoms with E-state index in [2.05, 4.69) is 26.8 Å². The summed E-state index contributed by atoms with van der Waals surface area (Å²) in [6.07, 6.45) is 12.5. The van der Waals surface area contributed by atoms with Gasteiger partial charge in [0.25, 0.3) is 0 Å². The highest BCUT2D eigenvalue weighted by molar-refractivity contribution is 5.65. The molecular weight excluding hydrogens is 272 g/mol. The third kappa shape index (κ3) is 2.85. The number of hydrogen-bond acceptors (Lipinski definition) is 2. The molecule has 0 aromatic carbocycles. The number of carbonyl (C=O) groups excluding carboxylic acids is 2. The topological polar surface area (TPSA) is 34.1 Å². The van der Waals surface area contributed by atoms with Crippen LogP contribution in [-0.2, 0) is 9.59 Å². The van der Waals surface area contributed by atoms with Crippen LogP contribution in [0.25, 0.3) is 0 Å². The lowest BCUT2D eigenvalue weighted by Gasteiger charge is -2.57. The minimum atomic E-state index is 0.0439. The Morgan fingerprint density at radius 2 is 2.05 bits per heavy atom. The molecule has 0 unspecified atom stereocenters. The van der Waals surface area contributed by atoms with Crippen molar-refractivity contribution in [3.05, 3.63) is 23.3 Å². The molecule has 0 aromatic rings. The van der Waals surface area contributed by atoms with Crippen LogP contribution in [0.2, 0.25) is 0 Å². The summed E-state index contributed by atoms with van der Waals surface area (Å²) in [6, 6.07) is 0. The van der Waals surface area contributed by atoms with Crippen molar-refractivity contribution in [3.8, 4) is 0 Å². The van der Waals surface area contributed by atoms with Crippen LogP contribution in [0.3, 0.4) is 0 Å². The van der Waals surface area contributed by atoms with Crippen LogP contribution >= 0.6 is 0 Å². The molecule has 4 atom stereocenters. The molecule has 2 nitrogen and oxygen atoms in total. The van der Waals surface area contributed by atoms with Gasteiger partial charge in [-0.25, -0.2) is 0 Å². The van der Waals surface area contributed by atoms with Gasteiger partial charge in [-0.3, -0.25) is 4.79 Å². The summed E-state index contributed by atoms with van der Waals surface area (Å²) in [4.78, 5) is 22.4. The van der Waals surface area contributed by atoms with Crippen molar-refractivity contribution in [1.82, 2.24) is 0 Å². The van der Waals surface area contributed by atoms with Gasteiger partial charge in [0.05, 0.1) is 0 Å². The number of fused-ring (bicyclic) bond motifs is 1. The number of carbonyl (C=O) groups is 2. The van der Waals surface area contributed by atoms with Gasteiger partial charge in [-0.05, 0) is 75.2 Å². The van der Waals surface area contributed by atoms with E-state index in [9.17, 15) is 9.59 Å². The van der Waals surface area contributed by atoms with E-state index in [4.69, 9.17) is 0 Å². The molecule has 2 heteroatoms. The Morgan fingerprint density at radius 3 is 2.68 bits per heavy atom. The fraction of sp³-hybridized carbons (Fsp3) is 0.700. The van der Waals surface area contributed by atoms with Crippen LogP contribution in [0.15, 0.2) is 23.3 Å². The molecule has 0 radical (unpaired) electrons. The van der Waals surface area contributed by atoms with Crippen molar-refractivity contribution >= 4 is 12.6 Å². The predicted octanol–water partition coefficient (Wildman–Crippen LogP) is 4.89. The molecular formula is C20H30O2. The Morgan fingerprint density at radius 1 is 1.32 bits per heavy atom. The molecule has 0 saturated heterocycles. The maximum absolute atomic E-state index is 11.7. The third-order valence-electron chi connectivity index (χ3n) is 6.77. The van der Waals surface area contributed by atoms with Gasteiger partial charge in [0, 0.05) is 5.92 Å². The van der Waals surface area contributed by atoms with Crippen LogP contribution in [0, 0.1) is 22.7 Å². The molecule has 0 N–H and O–H groups in total. The quantitative estimate of drug-likeness (QED) is 0.411. The Kier molecular flexibility index (Phi) is 5.09. The van der Waals surface area contributed by atoms with Gasteiger partial charge in [-0.15, -0.1) is 0 Å². The first-order valence-corrected chi connectivity index (χ1v) is 8.62. The summed E-state index contributed by atoms with van der Waals surface area (Å²) in [5, 5.41) is 0. The molecule has 1 fully saturated rings. The first kappa shape index (κ1) is 17.2. The van der Waals surface area contributed by atoms with Crippen molar-refractivity contribution in [2.24, 2.45) is 22.7 Å². The number of allylic oxidation sites excluding steroid dienone is 4. The summed E-state index contributed by atoms with van der Waals surface area (Å²) in [5.74, 6) is 0.721. The highest BCUT2D eigenvalue weighted by Crippen LogP contribution is 2.61. The van der Waals surface area contributed by atoms with Crippen molar-refractivity contribution in [2.75, 3.05) is 0 Å². The van der Waals surface area contributed by atoms with Crippen molar-refractivity contribution in [3.63, 3.8) is 0 Å². The molecule has 1 saturated carbocycles. The minimum Gasteiger partial charge on any atom is -0.303 e. The number of aldehydes is 2. The Hall–Kier alpha value is -1.18. The van der Waals surface area contributed by atoms with E-state index in [1.54, 1.807) is 6.08 Å². The van der Waals surface area contributed by atoms with E-state index in [1.807, 2.05) is 6.92 Å². The third-order valence-corrected chi connectivity index (χ3v) is 6.77. The van der Waals surface area contributed by atoms with Gasteiger partial charge < -0.3 is 4.79 Å². The van der Waals surface area contributed by atoms with Crippen LogP contribution in [-0.4, -0.2) is 12.6 Å². The lowest BCUT2D eigenvalue weighted by atomic mass is 9.47. The van der Waals surface area contributed by atoms with E-state index in [1.165, 1.54) is 18.3 Å². The Bertz CT molecular complexity index is 502. The molecule has 0 aromatic heterocycles. The highest BCUT2D eigenvalue weighted by atomic mass is 16.1. The largest absolute Gasteiger partial charge is 0.303 e. The lowest BCUT2D eigenvalue weighted by Crippen LogP contribution is -2.50. The maximum atomic E-state index is 11.7. The van der Waals surface area contributed by atoms with Crippen molar-refractivity contribution in [1.29, 1.82) is 0 Å². The maximum Gasteiger partial charge on any atom is 0.142 e. The number of hydrogen-bond donors (Lipinski definition) is 0. The molecule has 0 amide bonds. The fourth-order valence-corrected chi connectivity index (χ4v) is 5.01. The second-order valence-corrected chi connectivity index (χ2v) is 7.87. The van der Waals surface area contributed by atoms with Gasteiger partial charge in [0.1, 0.15) is 12.6 Å². The molecule has 0 bridgehead atoms. The molecule has 2 aliphatic carbocycles. The smallest absolute Gasteiger partial charge is 0.142 e. The summed E-state index contributed by atoms with van der Waals surface area (Å²) >= 11 is 0. The second-order valence-electron chi connectivity index (χ2n) is 7.87. The van der Waals surface area contributed by atoms with E-state index in [0.29, 0.717) is 5.92 Å². The van der Waals surface area contributed by atoms with Gasteiger partial charge in [0.15, 0.2) is 0 Å². The van der Waals surface area contributed by atoms with E-state index >= 15 is 0 Å². The zero-order valence-electron chi connectivity index (χ0n) is 14.5. The summed E-state index contributed by atoms with van der Waals surface area (Å²) in [6.45, 7) is 9.00. The van der Waals surface area contributed by atoms with Crippen LogP contribution in [0.5, 0.6) is 0 Å². The normalized spacial score (nSPS) is 38.9. The van der Waals surface area contributed by atoms with Crippen LogP contribution in [0.1, 0.15) is 66.2 Å². The van der Waals surface area contributed by atoms with E-state index in [-0.39, 0.29) is 16.7 Å². The van der Waals surface area contributed by atoms with Gasteiger partial charge in [0.2, 0.25) is 0 Å². The zero-order valence-corrected chi connectivity index (χ0v) is 14.5. The molecule has 0 heterocycles. The Labute approximate surface area is 135 Å². The van der Waals surface area contributed by atoms with Crippen molar-refractivity contribution in [2.45, 2.75) is 66.2 Å². The molecule has 2 aliphatic rings. The molecule has 122 valence electrons. The van der Waals surface area contributed by atoms with Gasteiger partial charge in [-0.2, -0.15) is 0 Å². The standard InChI is InChI=1S/C20H30O2/c1-15(10-13-21)8-11-20(4)17(14-22)9-12-19(3)16(2)6-5-7-18(19)20/h6,10,13-14,17-18H,5,7-9,11-12H2,1-4H3/b15-10+/t17-,18-,19-,20-/m0/s1. The monoisotopic (exact) mass is 302 g/mol. The minimum absolute atomic E-state index is 0.0439. The molecule has 22 heavy (non-hydrogen) atoms. The lowest BCUT2D eigenvalue weighted by molar-refractivity contribution is -0.124. The van der Waals surface area contributed by atoms with E-state index in [0.717, 1.165) is 44.0 Å². The first-order chi connectivity index (χ1) is 10.4. The first-order valence-electron chi connectivity index (χ1n) is 8.62. The molecule has 0 spiro atoms. The van der Waals surface area contributed by atoms with E-state index < -0.39 is 0 Å². The van der Waals surface area contributed by atoms with Gasteiger partial charge >= 0.3 is 0 Å². The number of rotatable bonds is 5. The predicted molar refractivity (Wildman–Crippen MR) is 90.5 cm³/mol. The zero-order chi connectivity index (χ0) is 16.4. The summed E-state index contributed by atoms with van der Waals surface area (Å²) in [5.41, 5.74) is 2.92. The summed E-state index contributed by atoms with van der Waals surface area (Å²) < 4.78 is 0. The molecule has 2 rings (SSSR count). The van der Waals surface area contributed by atoms with Crippen LogP contribution in [0.4, 0.5) is 0 Å².